The van der Waals surface area contributed by atoms with Gasteiger partial charge in [0.1, 0.15) is 0 Å². The van der Waals surface area contributed by atoms with Crippen LogP contribution >= 0.6 is 23.2 Å². The number of hydrogen-bond donors (Lipinski definition) is 1. The quantitative estimate of drug-likeness (QED) is 0.892. The Labute approximate surface area is 135 Å². The average molecular weight is 330 g/mol. The number of halogens is 2. The summed E-state index contributed by atoms with van der Waals surface area (Å²) in [7, 11) is 0. The van der Waals surface area contributed by atoms with Gasteiger partial charge in [0.15, 0.2) is 0 Å². The zero-order valence-corrected chi connectivity index (χ0v) is 13.5. The van der Waals surface area contributed by atoms with Crippen LogP contribution in [0, 0.1) is 5.92 Å². The van der Waals surface area contributed by atoms with Gasteiger partial charge in [-0.2, -0.15) is 0 Å². The zero-order chi connectivity index (χ0) is 14.9. The fraction of sp³-hybridized carbons (Fsp3) is 0.625. The smallest absolute Gasteiger partial charge is 0.0729 e. The lowest BCUT2D eigenvalue weighted by atomic mass is 9.76. The molecule has 5 heteroatoms. The Balaban J connectivity index is 1.76. The molecule has 0 aliphatic carbocycles. The molecule has 2 aliphatic rings. The molecule has 3 nitrogen and oxygen atoms in total. The van der Waals surface area contributed by atoms with E-state index in [0.717, 1.165) is 51.1 Å². The Bertz CT molecular complexity index is 477. The second-order valence-corrected chi connectivity index (χ2v) is 7.00. The molecule has 2 unspecified atom stereocenters. The topological polar surface area (TPSA) is 44.5 Å². The molecule has 3 rings (SSSR count). The van der Waals surface area contributed by atoms with Crippen molar-refractivity contribution < 1.29 is 9.47 Å². The maximum Gasteiger partial charge on any atom is 0.0729 e. The van der Waals surface area contributed by atoms with E-state index in [1.54, 1.807) is 6.07 Å². The lowest BCUT2D eigenvalue weighted by molar-refractivity contribution is -0.149. The molecule has 2 heterocycles. The van der Waals surface area contributed by atoms with Crippen LogP contribution in [0.25, 0.3) is 0 Å². The van der Waals surface area contributed by atoms with Crippen LogP contribution in [0.4, 0.5) is 0 Å². The third kappa shape index (κ3) is 3.54. The van der Waals surface area contributed by atoms with Crippen molar-refractivity contribution in [1.82, 2.24) is 0 Å². The number of benzene rings is 1. The molecule has 2 N–H and O–H groups in total. The van der Waals surface area contributed by atoms with Gasteiger partial charge in [0.05, 0.1) is 5.60 Å². The van der Waals surface area contributed by atoms with Gasteiger partial charge in [-0.25, -0.2) is 0 Å². The maximum absolute atomic E-state index is 6.49. The van der Waals surface area contributed by atoms with Gasteiger partial charge in [0.25, 0.3) is 0 Å². The van der Waals surface area contributed by atoms with Gasteiger partial charge >= 0.3 is 0 Å². The van der Waals surface area contributed by atoms with Crippen LogP contribution in [-0.2, 0) is 9.47 Å². The summed E-state index contributed by atoms with van der Waals surface area (Å²) in [5.41, 5.74) is 7.47. The first-order chi connectivity index (χ1) is 10.1. The highest BCUT2D eigenvalue weighted by Crippen LogP contribution is 2.41. The molecule has 2 fully saturated rings. The van der Waals surface area contributed by atoms with E-state index in [2.05, 4.69) is 0 Å². The van der Waals surface area contributed by atoms with Crippen molar-refractivity contribution in [3.63, 3.8) is 0 Å². The molecule has 0 amide bonds. The van der Waals surface area contributed by atoms with E-state index in [9.17, 15) is 0 Å². The fourth-order valence-corrected chi connectivity index (χ4v) is 4.05. The van der Waals surface area contributed by atoms with Gasteiger partial charge in [-0.15, -0.1) is 0 Å². The van der Waals surface area contributed by atoms with Gasteiger partial charge in [0, 0.05) is 35.9 Å². The third-order valence-corrected chi connectivity index (χ3v) is 5.15. The molecule has 1 spiro atoms. The van der Waals surface area contributed by atoms with Gasteiger partial charge in [-0.05, 0) is 55.4 Å². The summed E-state index contributed by atoms with van der Waals surface area (Å²) in [6, 6.07) is 5.53. The molecule has 1 aromatic carbocycles. The number of rotatable bonds is 2. The predicted octanol–water partition coefficient (Wildman–Crippen LogP) is 3.97. The summed E-state index contributed by atoms with van der Waals surface area (Å²) in [5.74, 6) is 0.395. The molecule has 0 saturated carbocycles. The molecular formula is C16H21Cl2NO2. The summed E-state index contributed by atoms with van der Waals surface area (Å²) in [6.45, 7) is 2.34. The van der Waals surface area contributed by atoms with Crippen molar-refractivity contribution in [3.8, 4) is 0 Å². The second-order valence-electron chi connectivity index (χ2n) is 6.13. The van der Waals surface area contributed by atoms with Crippen molar-refractivity contribution in [2.45, 2.75) is 37.3 Å². The average Bonchev–Trinajstić information content (AvgIpc) is 2.46. The molecular weight excluding hydrogens is 309 g/mol. The highest BCUT2D eigenvalue weighted by atomic mass is 35.5. The van der Waals surface area contributed by atoms with Crippen molar-refractivity contribution >= 4 is 23.2 Å². The second kappa shape index (κ2) is 6.43. The summed E-state index contributed by atoms with van der Waals surface area (Å²) in [5, 5.41) is 1.28. The molecule has 0 radical (unpaired) electrons. The highest BCUT2D eigenvalue weighted by Gasteiger charge is 2.40. The molecule has 0 aromatic heterocycles. The van der Waals surface area contributed by atoms with E-state index >= 15 is 0 Å². The fourth-order valence-electron chi connectivity index (χ4n) is 3.50. The van der Waals surface area contributed by atoms with E-state index < -0.39 is 0 Å². The SMILES string of the molecule is NC(c1cc(Cl)cc(Cl)c1)C1CCOC2(CCOCC2)C1. The van der Waals surface area contributed by atoms with Crippen molar-refractivity contribution in [2.24, 2.45) is 11.7 Å². The first kappa shape index (κ1) is 15.6. The van der Waals surface area contributed by atoms with E-state index in [0.29, 0.717) is 16.0 Å². The standard InChI is InChI=1S/C16H21Cl2NO2/c17-13-7-12(8-14(18)9-13)15(19)11-1-4-21-16(10-11)2-5-20-6-3-16/h7-9,11,15H,1-6,10,19H2. The lowest BCUT2D eigenvalue weighted by Crippen LogP contribution is -2.46. The molecule has 1 aromatic rings. The van der Waals surface area contributed by atoms with Gasteiger partial charge < -0.3 is 15.2 Å². The molecule has 116 valence electrons. The summed E-state index contributed by atoms with van der Waals surface area (Å²) in [6.07, 6.45) is 3.90. The first-order valence-electron chi connectivity index (χ1n) is 7.51. The zero-order valence-electron chi connectivity index (χ0n) is 12.0. The van der Waals surface area contributed by atoms with E-state index in [1.165, 1.54) is 0 Å². The lowest BCUT2D eigenvalue weighted by Gasteiger charge is -2.44. The number of hydrogen-bond acceptors (Lipinski definition) is 3. The largest absolute Gasteiger partial charge is 0.381 e. The Morgan fingerprint density at radius 2 is 1.76 bits per heavy atom. The minimum atomic E-state index is -0.0511. The maximum atomic E-state index is 6.49. The van der Waals surface area contributed by atoms with Crippen LogP contribution in [0.1, 0.15) is 37.3 Å². The summed E-state index contributed by atoms with van der Waals surface area (Å²) in [4.78, 5) is 0. The van der Waals surface area contributed by atoms with Crippen molar-refractivity contribution in [2.75, 3.05) is 19.8 Å². The molecule has 0 bridgehead atoms. The van der Waals surface area contributed by atoms with Gasteiger partial charge in [0.2, 0.25) is 0 Å². The minimum absolute atomic E-state index is 0.0405. The van der Waals surface area contributed by atoms with Crippen LogP contribution in [0.5, 0.6) is 0 Å². The predicted molar refractivity (Wildman–Crippen MR) is 84.9 cm³/mol. The van der Waals surface area contributed by atoms with E-state index in [1.807, 2.05) is 12.1 Å². The Hall–Kier alpha value is -0.320. The van der Waals surface area contributed by atoms with E-state index in [4.69, 9.17) is 38.4 Å². The Morgan fingerprint density at radius 3 is 2.43 bits per heavy atom. The molecule has 2 saturated heterocycles. The summed E-state index contributed by atoms with van der Waals surface area (Å²) >= 11 is 12.2. The van der Waals surface area contributed by atoms with Crippen LogP contribution < -0.4 is 5.73 Å². The van der Waals surface area contributed by atoms with E-state index in [-0.39, 0.29) is 11.6 Å². The normalized spacial score (nSPS) is 26.7. The van der Waals surface area contributed by atoms with Gasteiger partial charge in [-0.3, -0.25) is 0 Å². The highest BCUT2D eigenvalue weighted by molar-refractivity contribution is 6.34. The Kier molecular flexibility index (Phi) is 4.77. The van der Waals surface area contributed by atoms with Crippen LogP contribution in [0.2, 0.25) is 10.0 Å². The van der Waals surface area contributed by atoms with Crippen LogP contribution in [0.15, 0.2) is 18.2 Å². The molecule has 2 atom stereocenters. The third-order valence-electron chi connectivity index (χ3n) is 4.71. The molecule has 21 heavy (non-hydrogen) atoms. The van der Waals surface area contributed by atoms with Gasteiger partial charge in [-0.1, -0.05) is 23.2 Å². The first-order valence-corrected chi connectivity index (χ1v) is 8.27. The monoisotopic (exact) mass is 329 g/mol. The molecule has 2 aliphatic heterocycles. The minimum Gasteiger partial charge on any atom is -0.381 e. The number of ether oxygens (including phenoxy) is 2. The Morgan fingerprint density at radius 1 is 1.10 bits per heavy atom. The number of nitrogens with two attached hydrogens (primary N) is 1. The van der Waals surface area contributed by atoms with Crippen molar-refractivity contribution in [1.29, 1.82) is 0 Å². The van der Waals surface area contributed by atoms with Crippen LogP contribution in [0.3, 0.4) is 0 Å². The van der Waals surface area contributed by atoms with Crippen molar-refractivity contribution in [3.05, 3.63) is 33.8 Å². The summed E-state index contributed by atoms with van der Waals surface area (Å²) < 4.78 is 11.5. The van der Waals surface area contributed by atoms with Crippen LogP contribution in [-0.4, -0.2) is 25.4 Å².